The topological polar surface area (TPSA) is 48.1 Å². The maximum absolute atomic E-state index is 5.98. The van der Waals surface area contributed by atoms with Crippen molar-refractivity contribution in [2.75, 3.05) is 0 Å². The molecule has 3 nitrogen and oxygen atoms in total. The summed E-state index contributed by atoms with van der Waals surface area (Å²) in [4.78, 5) is 3.98. The lowest BCUT2D eigenvalue weighted by atomic mass is 10.1. The number of hydrogen-bond acceptors (Lipinski definition) is 3. The summed E-state index contributed by atoms with van der Waals surface area (Å²) in [5.41, 5.74) is 6.95. The van der Waals surface area contributed by atoms with E-state index in [-0.39, 0.29) is 12.1 Å². The monoisotopic (exact) mass is 296 g/mol. The van der Waals surface area contributed by atoms with Crippen molar-refractivity contribution in [3.8, 4) is 5.75 Å². The fraction of sp³-hybridized carbons (Fsp3) is 0.214. The Hall–Kier alpha value is -1.29. The Kier molecular flexibility index (Phi) is 4.64. The van der Waals surface area contributed by atoms with Gasteiger partial charge in [-0.3, -0.25) is 4.98 Å². The summed E-state index contributed by atoms with van der Waals surface area (Å²) in [5.74, 6) is 0.633. The number of hydrogen-bond donors (Lipinski definition) is 1. The van der Waals surface area contributed by atoms with Gasteiger partial charge in [0.05, 0.1) is 10.0 Å². The molecule has 2 rings (SSSR count). The first-order valence-electron chi connectivity index (χ1n) is 5.85. The maximum atomic E-state index is 5.98. The van der Waals surface area contributed by atoms with E-state index in [1.807, 2.05) is 19.1 Å². The van der Waals surface area contributed by atoms with Crippen molar-refractivity contribution in [3.63, 3.8) is 0 Å². The van der Waals surface area contributed by atoms with Crippen LogP contribution in [0.15, 0.2) is 42.7 Å². The number of rotatable bonds is 4. The molecule has 0 fully saturated rings. The van der Waals surface area contributed by atoms with Crippen molar-refractivity contribution in [1.29, 1.82) is 0 Å². The molecular weight excluding hydrogens is 283 g/mol. The summed E-state index contributed by atoms with van der Waals surface area (Å²) in [6, 6.07) is 8.74. The maximum Gasteiger partial charge on any atom is 0.139 e. The van der Waals surface area contributed by atoms with E-state index in [2.05, 4.69) is 4.98 Å². The fourth-order valence-corrected chi connectivity index (χ4v) is 2.02. The number of benzene rings is 1. The first-order chi connectivity index (χ1) is 9.08. The molecule has 1 aromatic carbocycles. The zero-order valence-electron chi connectivity index (χ0n) is 10.4. The SMILES string of the molecule is CC(N)C(Oc1ccc(Cl)c(Cl)c1)c1ccncc1. The van der Waals surface area contributed by atoms with Crippen LogP contribution < -0.4 is 10.5 Å². The standard InChI is InChI=1S/C14H14Cl2N2O/c1-9(17)14(10-4-6-18-7-5-10)19-11-2-3-12(15)13(16)8-11/h2-9,14H,17H2,1H3. The minimum Gasteiger partial charge on any atom is -0.484 e. The van der Waals surface area contributed by atoms with Gasteiger partial charge in [-0.05, 0) is 36.8 Å². The second-order valence-corrected chi connectivity index (χ2v) is 5.07. The van der Waals surface area contributed by atoms with Crippen LogP contribution in [0.4, 0.5) is 0 Å². The molecule has 5 heteroatoms. The van der Waals surface area contributed by atoms with E-state index < -0.39 is 0 Å². The lowest BCUT2D eigenvalue weighted by Crippen LogP contribution is -2.29. The molecule has 0 radical (unpaired) electrons. The Morgan fingerprint density at radius 2 is 1.79 bits per heavy atom. The molecule has 1 aromatic heterocycles. The molecule has 100 valence electrons. The molecule has 1 heterocycles. The first kappa shape index (κ1) is 14.1. The van der Waals surface area contributed by atoms with Crippen LogP contribution in [0, 0.1) is 0 Å². The zero-order valence-corrected chi connectivity index (χ0v) is 11.9. The summed E-state index contributed by atoms with van der Waals surface area (Å²) >= 11 is 11.8. The largest absolute Gasteiger partial charge is 0.484 e. The molecule has 0 bridgehead atoms. The average molecular weight is 297 g/mol. The van der Waals surface area contributed by atoms with Gasteiger partial charge in [-0.15, -0.1) is 0 Å². The number of nitrogens with zero attached hydrogens (tertiary/aromatic N) is 1. The number of halogens is 2. The highest BCUT2D eigenvalue weighted by molar-refractivity contribution is 6.42. The van der Waals surface area contributed by atoms with Crippen LogP contribution in [0.3, 0.4) is 0 Å². The van der Waals surface area contributed by atoms with Crippen LogP contribution in [-0.4, -0.2) is 11.0 Å². The highest BCUT2D eigenvalue weighted by Crippen LogP contribution is 2.30. The predicted molar refractivity (Wildman–Crippen MR) is 77.7 cm³/mol. The third kappa shape index (κ3) is 3.60. The van der Waals surface area contributed by atoms with Crippen LogP contribution in [0.25, 0.3) is 0 Å². The second-order valence-electron chi connectivity index (χ2n) is 4.25. The van der Waals surface area contributed by atoms with Gasteiger partial charge in [0.1, 0.15) is 11.9 Å². The van der Waals surface area contributed by atoms with E-state index in [0.29, 0.717) is 15.8 Å². The average Bonchev–Trinajstić information content (AvgIpc) is 2.40. The Bertz CT molecular complexity index is 546. The molecule has 0 aliphatic rings. The van der Waals surface area contributed by atoms with Crippen molar-refractivity contribution in [2.45, 2.75) is 19.1 Å². The van der Waals surface area contributed by atoms with Gasteiger partial charge in [0.25, 0.3) is 0 Å². The third-order valence-electron chi connectivity index (χ3n) is 2.67. The molecule has 0 saturated carbocycles. The molecule has 2 atom stereocenters. The summed E-state index contributed by atoms with van der Waals surface area (Å²) in [5, 5.41) is 0.951. The van der Waals surface area contributed by atoms with E-state index in [1.165, 1.54) is 0 Å². The lowest BCUT2D eigenvalue weighted by molar-refractivity contribution is 0.180. The fourth-order valence-electron chi connectivity index (χ4n) is 1.73. The third-order valence-corrected chi connectivity index (χ3v) is 3.41. The van der Waals surface area contributed by atoms with Gasteiger partial charge < -0.3 is 10.5 Å². The smallest absolute Gasteiger partial charge is 0.139 e. The number of aromatic nitrogens is 1. The highest BCUT2D eigenvalue weighted by Gasteiger charge is 2.18. The molecule has 0 amide bonds. The van der Waals surface area contributed by atoms with E-state index >= 15 is 0 Å². The number of ether oxygens (including phenoxy) is 1. The Balaban J connectivity index is 2.24. The Labute approximate surface area is 122 Å². The molecule has 2 N–H and O–H groups in total. The minimum absolute atomic E-state index is 0.170. The Morgan fingerprint density at radius 1 is 1.11 bits per heavy atom. The molecule has 19 heavy (non-hydrogen) atoms. The summed E-state index contributed by atoms with van der Waals surface area (Å²) < 4.78 is 5.90. The van der Waals surface area contributed by atoms with Gasteiger partial charge in [0.15, 0.2) is 0 Å². The van der Waals surface area contributed by atoms with Crippen molar-refractivity contribution in [2.24, 2.45) is 5.73 Å². The van der Waals surface area contributed by atoms with Gasteiger partial charge in [0, 0.05) is 24.5 Å². The summed E-state index contributed by atoms with van der Waals surface area (Å²) in [6.45, 7) is 1.89. The molecule has 2 aromatic rings. The second kappa shape index (κ2) is 6.24. The van der Waals surface area contributed by atoms with Gasteiger partial charge in [-0.2, -0.15) is 0 Å². The van der Waals surface area contributed by atoms with E-state index in [9.17, 15) is 0 Å². The minimum atomic E-state index is -0.264. The summed E-state index contributed by atoms with van der Waals surface area (Å²) in [6.07, 6.45) is 3.16. The molecular formula is C14H14Cl2N2O. The molecule has 0 spiro atoms. The predicted octanol–water partition coefficient (Wildman–Crippen LogP) is 3.86. The van der Waals surface area contributed by atoms with Gasteiger partial charge in [-0.1, -0.05) is 23.2 Å². The van der Waals surface area contributed by atoms with Crippen LogP contribution in [0.1, 0.15) is 18.6 Å². The molecule has 0 saturated heterocycles. The van der Waals surface area contributed by atoms with Crippen LogP contribution >= 0.6 is 23.2 Å². The van der Waals surface area contributed by atoms with Gasteiger partial charge in [-0.25, -0.2) is 0 Å². The molecule has 0 aliphatic heterocycles. The summed E-state index contributed by atoms with van der Waals surface area (Å²) in [7, 11) is 0. The van der Waals surface area contributed by atoms with Gasteiger partial charge >= 0.3 is 0 Å². The van der Waals surface area contributed by atoms with Crippen LogP contribution in [0.2, 0.25) is 10.0 Å². The highest BCUT2D eigenvalue weighted by atomic mass is 35.5. The van der Waals surface area contributed by atoms with Crippen molar-refractivity contribution >= 4 is 23.2 Å². The number of pyridine rings is 1. The van der Waals surface area contributed by atoms with Crippen molar-refractivity contribution in [3.05, 3.63) is 58.3 Å². The lowest BCUT2D eigenvalue weighted by Gasteiger charge is -2.23. The quantitative estimate of drug-likeness (QED) is 0.932. The van der Waals surface area contributed by atoms with Crippen LogP contribution in [-0.2, 0) is 0 Å². The zero-order chi connectivity index (χ0) is 13.8. The Morgan fingerprint density at radius 3 is 2.37 bits per heavy atom. The van der Waals surface area contributed by atoms with E-state index in [0.717, 1.165) is 5.56 Å². The first-order valence-corrected chi connectivity index (χ1v) is 6.60. The van der Waals surface area contributed by atoms with Crippen LogP contribution in [0.5, 0.6) is 5.75 Å². The van der Waals surface area contributed by atoms with Gasteiger partial charge in [0.2, 0.25) is 0 Å². The van der Waals surface area contributed by atoms with E-state index in [4.69, 9.17) is 33.7 Å². The van der Waals surface area contributed by atoms with E-state index in [1.54, 1.807) is 30.6 Å². The molecule has 2 unspecified atom stereocenters. The number of nitrogens with two attached hydrogens (primary N) is 1. The van der Waals surface area contributed by atoms with Crippen molar-refractivity contribution < 1.29 is 4.74 Å². The normalized spacial score (nSPS) is 13.9. The van der Waals surface area contributed by atoms with Crippen molar-refractivity contribution in [1.82, 2.24) is 4.98 Å². The molecule has 0 aliphatic carbocycles.